The number of allylic oxidation sites excluding steroid dienone is 2. The zero-order valence-electron chi connectivity index (χ0n) is 12.6. The van der Waals surface area contributed by atoms with Gasteiger partial charge in [-0.3, -0.25) is 0 Å². The van der Waals surface area contributed by atoms with Gasteiger partial charge in [0.1, 0.15) is 22.8 Å². The normalized spacial score (nSPS) is 20.0. The third-order valence-electron chi connectivity index (χ3n) is 3.47. The first-order chi connectivity index (χ1) is 9.43. The van der Waals surface area contributed by atoms with Gasteiger partial charge in [0, 0.05) is 12.1 Å². The minimum atomic E-state index is -0.349. The maximum Gasteiger partial charge on any atom is 0.135 e. The molecule has 3 nitrogen and oxygen atoms in total. The maximum atomic E-state index is 9.97. The van der Waals surface area contributed by atoms with E-state index in [0.29, 0.717) is 17.1 Å². The predicted molar refractivity (Wildman–Crippen MR) is 81.4 cm³/mol. The average Bonchev–Trinajstić information content (AvgIpc) is 2.37. The average molecular weight is 274 g/mol. The van der Waals surface area contributed by atoms with Crippen LogP contribution >= 0.6 is 0 Å². The zero-order chi connectivity index (χ0) is 14.8. The second-order valence-corrected chi connectivity index (χ2v) is 5.63. The van der Waals surface area contributed by atoms with Crippen molar-refractivity contribution in [3.05, 3.63) is 35.4 Å². The highest BCUT2D eigenvalue weighted by atomic mass is 16.5. The molecule has 0 aromatic heterocycles. The van der Waals surface area contributed by atoms with Crippen molar-refractivity contribution in [1.29, 1.82) is 0 Å². The lowest BCUT2D eigenvalue weighted by Crippen LogP contribution is -2.31. The van der Waals surface area contributed by atoms with E-state index >= 15 is 0 Å². The zero-order valence-corrected chi connectivity index (χ0v) is 12.6. The van der Waals surface area contributed by atoms with Crippen molar-refractivity contribution in [1.82, 2.24) is 0 Å². The lowest BCUT2D eigenvalue weighted by atomic mass is 9.94. The molecule has 0 aliphatic carbocycles. The Kier molecular flexibility index (Phi) is 4.07. The Morgan fingerprint density at radius 1 is 1.40 bits per heavy atom. The Labute approximate surface area is 120 Å². The van der Waals surface area contributed by atoms with Crippen molar-refractivity contribution in [2.24, 2.45) is 0 Å². The molecule has 1 unspecified atom stereocenters. The molecule has 1 atom stereocenters. The molecule has 0 saturated heterocycles. The molecule has 1 aromatic rings. The summed E-state index contributed by atoms with van der Waals surface area (Å²) in [7, 11) is 1.58. The first-order valence-corrected chi connectivity index (χ1v) is 6.86. The van der Waals surface area contributed by atoms with Gasteiger partial charge >= 0.3 is 0 Å². The summed E-state index contributed by atoms with van der Waals surface area (Å²) in [6.45, 7) is 6.25. The molecule has 1 aliphatic heterocycles. The summed E-state index contributed by atoms with van der Waals surface area (Å²) in [5, 5.41) is 9.97. The summed E-state index contributed by atoms with van der Waals surface area (Å²) in [6.07, 6.45) is 8.01. The van der Waals surface area contributed by atoms with Crippen LogP contribution in [0.1, 0.15) is 39.2 Å². The van der Waals surface area contributed by atoms with E-state index in [0.717, 1.165) is 12.8 Å². The summed E-state index contributed by atoms with van der Waals surface area (Å²) in [5.41, 5.74) is 1.68. The van der Waals surface area contributed by atoms with Crippen molar-refractivity contribution in [3.8, 4) is 17.2 Å². The van der Waals surface area contributed by atoms with Crippen molar-refractivity contribution < 1.29 is 14.6 Å². The predicted octanol–water partition coefficient (Wildman–Crippen LogP) is 4.31. The van der Waals surface area contributed by atoms with E-state index in [4.69, 9.17) is 9.47 Å². The molecule has 0 amide bonds. The van der Waals surface area contributed by atoms with Crippen LogP contribution in [0.25, 0.3) is 6.08 Å². The quantitative estimate of drug-likeness (QED) is 0.831. The molecule has 0 radical (unpaired) electrons. The number of fused-ring (bicyclic) bond motifs is 1. The van der Waals surface area contributed by atoms with Gasteiger partial charge in [-0.2, -0.15) is 0 Å². The van der Waals surface area contributed by atoms with Crippen LogP contribution in [0.5, 0.6) is 17.2 Å². The number of benzene rings is 1. The largest absolute Gasteiger partial charge is 0.507 e. The van der Waals surface area contributed by atoms with Crippen LogP contribution in [0, 0.1) is 0 Å². The van der Waals surface area contributed by atoms with Crippen LogP contribution in [-0.4, -0.2) is 17.8 Å². The Bertz CT molecular complexity index is 554. The van der Waals surface area contributed by atoms with Gasteiger partial charge in [-0.15, -0.1) is 0 Å². The highest BCUT2D eigenvalue weighted by Gasteiger charge is 2.28. The SMILES string of the molecule is COc1cc(O)c2c(c1)OC(C)(CCC=C(C)C)C=C2. The molecule has 108 valence electrons. The number of ether oxygens (including phenoxy) is 2. The number of methoxy groups -OCH3 is 1. The standard InChI is InChI=1S/C17H22O3/c1-12(2)6-5-8-17(3)9-7-14-15(18)10-13(19-4)11-16(14)20-17/h6-7,9-11,18H,5,8H2,1-4H3. The van der Waals surface area contributed by atoms with Gasteiger partial charge in [-0.05, 0) is 45.8 Å². The fourth-order valence-electron chi connectivity index (χ4n) is 2.28. The molecule has 1 N–H and O–H groups in total. The van der Waals surface area contributed by atoms with Crippen molar-refractivity contribution >= 4 is 6.08 Å². The van der Waals surface area contributed by atoms with Gasteiger partial charge in [-0.1, -0.05) is 11.6 Å². The molecule has 1 aromatic carbocycles. The summed E-state index contributed by atoms with van der Waals surface area (Å²) >= 11 is 0. The number of hydrogen-bond donors (Lipinski definition) is 1. The van der Waals surface area contributed by atoms with E-state index in [2.05, 4.69) is 26.8 Å². The molecule has 0 saturated carbocycles. The number of rotatable bonds is 4. The van der Waals surface area contributed by atoms with E-state index in [1.54, 1.807) is 13.2 Å². The third kappa shape index (κ3) is 3.16. The summed E-state index contributed by atoms with van der Waals surface area (Å²) < 4.78 is 11.2. The first-order valence-electron chi connectivity index (χ1n) is 6.86. The number of aromatic hydroxyl groups is 1. The highest BCUT2D eigenvalue weighted by Crippen LogP contribution is 2.40. The van der Waals surface area contributed by atoms with Crippen LogP contribution < -0.4 is 9.47 Å². The van der Waals surface area contributed by atoms with Gasteiger partial charge in [0.25, 0.3) is 0 Å². The molecule has 1 heterocycles. The number of phenolic OH excluding ortho intramolecular Hbond substituents is 1. The summed E-state index contributed by atoms with van der Waals surface area (Å²) in [6, 6.07) is 3.41. The fraction of sp³-hybridized carbons (Fsp3) is 0.412. The van der Waals surface area contributed by atoms with Crippen LogP contribution in [0.3, 0.4) is 0 Å². The monoisotopic (exact) mass is 274 g/mol. The van der Waals surface area contributed by atoms with Crippen LogP contribution in [0.4, 0.5) is 0 Å². The third-order valence-corrected chi connectivity index (χ3v) is 3.47. The van der Waals surface area contributed by atoms with E-state index in [9.17, 15) is 5.11 Å². The van der Waals surface area contributed by atoms with E-state index < -0.39 is 0 Å². The Balaban J connectivity index is 2.21. The van der Waals surface area contributed by atoms with Crippen LogP contribution in [0.15, 0.2) is 29.9 Å². The summed E-state index contributed by atoms with van der Waals surface area (Å²) in [5.74, 6) is 1.45. The molecule has 0 fully saturated rings. The van der Waals surface area contributed by atoms with Crippen LogP contribution in [0.2, 0.25) is 0 Å². The lowest BCUT2D eigenvalue weighted by Gasteiger charge is -2.32. The number of hydrogen-bond acceptors (Lipinski definition) is 3. The fourth-order valence-corrected chi connectivity index (χ4v) is 2.28. The van der Waals surface area contributed by atoms with E-state index in [1.807, 2.05) is 18.2 Å². The Hall–Kier alpha value is -1.90. The van der Waals surface area contributed by atoms with Gasteiger partial charge in [-0.25, -0.2) is 0 Å². The molecule has 3 heteroatoms. The lowest BCUT2D eigenvalue weighted by molar-refractivity contribution is 0.127. The molecular formula is C17H22O3. The van der Waals surface area contributed by atoms with Crippen LogP contribution in [-0.2, 0) is 0 Å². The molecule has 0 spiro atoms. The number of phenols is 1. The molecular weight excluding hydrogens is 252 g/mol. The Morgan fingerprint density at radius 3 is 2.80 bits per heavy atom. The summed E-state index contributed by atoms with van der Waals surface area (Å²) in [4.78, 5) is 0. The second-order valence-electron chi connectivity index (χ2n) is 5.63. The molecule has 0 bridgehead atoms. The van der Waals surface area contributed by atoms with E-state index in [-0.39, 0.29) is 11.4 Å². The smallest absolute Gasteiger partial charge is 0.135 e. The van der Waals surface area contributed by atoms with Gasteiger partial charge in [0.2, 0.25) is 0 Å². The van der Waals surface area contributed by atoms with Gasteiger partial charge in [0.15, 0.2) is 0 Å². The highest BCUT2D eigenvalue weighted by molar-refractivity contribution is 5.68. The van der Waals surface area contributed by atoms with Crippen molar-refractivity contribution in [2.45, 2.75) is 39.2 Å². The second kappa shape index (κ2) is 5.61. The van der Waals surface area contributed by atoms with Gasteiger partial charge in [0.05, 0.1) is 12.7 Å². The Morgan fingerprint density at radius 2 is 2.15 bits per heavy atom. The van der Waals surface area contributed by atoms with Crippen molar-refractivity contribution in [2.75, 3.05) is 7.11 Å². The maximum absolute atomic E-state index is 9.97. The minimum Gasteiger partial charge on any atom is -0.507 e. The van der Waals surface area contributed by atoms with E-state index in [1.165, 1.54) is 5.57 Å². The van der Waals surface area contributed by atoms with Crippen molar-refractivity contribution in [3.63, 3.8) is 0 Å². The molecule has 20 heavy (non-hydrogen) atoms. The molecule has 1 aliphatic rings. The minimum absolute atomic E-state index is 0.182. The van der Waals surface area contributed by atoms with Gasteiger partial charge < -0.3 is 14.6 Å². The topological polar surface area (TPSA) is 38.7 Å². The first kappa shape index (κ1) is 14.5. The molecule has 2 rings (SSSR count).